The number of nitrogens with one attached hydrogen (secondary N) is 1. The summed E-state index contributed by atoms with van der Waals surface area (Å²) in [7, 11) is 7.76. The maximum Gasteiger partial charge on any atom is 0.248 e. The number of fused-ring (bicyclic) bond motifs is 9. The molecule has 18 rings (SSSR count). The van der Waals surface area contributed by atoms with Crippen molar-refractivity contribution in [1.82, 2.24) is 63.5 Å². The van der Waals surface area contributed by atoms with Gasteiger partial charge in [0.2, 0.25) is 5.56 Å². The number of aliphatic imine (C=N–C) groups is 1. The molecule has 0 bridgehead atoms. The summed E-state index contributed by atoms with van der Waals surface area (Å²) in [5.41, 5.74) is 16.3. The Bertz CT molecular complexity index is 5340. The number of ether oxygens (including phenoxy) is 12. The Labute approximate surface area is 620 Å². The molecule has 31 heteroatoms. The second kappa shape index (κ2) is 29.1. The Morgan fingerprint density at radius 1 is 0.505 bits per heavy atom. The minimum absolute atomic E-state index is 0. The molecule has 0 saturated carbocycles. The van der Waals surface area contributed by atoms with Crippen LogP contribution >= 0.6 is 11.6 Å². The fourth-order valence-corrected chi connectivity index (χ4v) is 14.4. The molecule has 0 unspecified atom stereocenters. The van der Waals surface area contributed by atoms with E-state index in [0.29, 0.717) is 63.2 Å². The van der Waals surface area contributed by atoms with Crippen LogP contribution in [0.3, 0.4) is 0 Å². The Balaban J connectivity index is 0.000000134. The lowest BCUT2D eigenvalue weighted by atomic mass is 10.1. The van der Waals surface area contributed by atoms with Gasteiger partial charge in [0.05, 0.1) is 39.0 Å². The van der Waals surface area contributed by atoms with Crippen molar-refractivity contribution in [2.45, 2.75) is 147 Å². The predicted octanol–water partition coefficient (Wildman–Crippen LogP) is 11.1. The van der Waals surface area contributed by atoms with Gasteiger partial charge in [-0.15, -0.1) is 0 Å². The molecule has 0 amide bonds. The summed E-state index contributed by atoms with van der Waals surface area (Å²) >= 11 is 6.06. The van der Waals surface area contributed by atoms with Crippen LogP contribution < -0.4 is 36.1 Å². The predicted molar refractivity (Wildman–Crippen MR) is 404 cm³/mol. The highest BCUT2D eigenvalue weighted by Gasteiger charge is 2.59. The summed E-state index contributed by atoms with van der Waals surface area (Å²) in [6.45, 7) is 12.2. The molecule has 12 atom stereocenters. The van der Waals surface area contributed by atoms with Gasteiger partial charge in [-0.1, -0.05) is 26.5 Å². The number of halogens is 1. The van der Waals surface area contributed by atoms with Crippen molar-refractivity contribution >= 4 is 107 Å². The summed E-state index contributed by atoms with van der Waals surface area (Å²) < 4.78 is 80.9. The SMILES string of the molecule is C.C.CC1(C)O[C@@H]2[C@H](O1)[C@@H](COc1ccc3ccc(=O)[nH]c3c1)O[C@H]2n1ccc2c(N)ncnc21.CN(C)C=Nc1ncnc2c1ccn2[C@@H]1O[C@H](COc2ccc3ccc(Cl)nc3c2)[C@H]2OC(C)(C)O[C@H]21.CN(C)c1ccc2ccc(OC[C@H]3O[C@@H](n4ccc5c(N)ncnc54)[C@@H]4OC(C)(C)O[C@@H]43)cc2n1. The molecule has 6 saturated heterocycles. The van der Waals surface area contributed by atoms with Crippen LogP contribution in [0.1, 0.15) is 75.1 Å². The molecule has 9 aromatic heterocycles. The molecule has 0 aliphatic carbocycles. The molecule has 0 spiro atoms. The molecule has 15 heterocycles. The largest absolute Gasteiger partial charge is 0.491 e. The highest BCUT2D eigenvalue weighted by molar-refractivity contribution is 6.29. The van der Waals surface area contributed by atoms with E-state index >= 15 is 0 Å². The number of H-pyrrole nitrogens is 1. The van der Waals surface area contributed by atoms with E-state index < -0.39 is 36.0 Å². The normalized spacial score (nSPS) is 24.9. The molecule has 5 N–H and O–H groups in total. The van der Waals surface area contributed by atoms with Crippen LogP contribution in [-0.4, -0.2) is 190 Å². The van der Waals surface area contributed by atoms with E-state index in [1.165, 1.54) is 25.0 Å². The molecule has 3 aromatic carbocycles. The number of nitrogens with two attached hydrogens (primary N) is 2. The minimum atomic E-state index is -0.755. The van der Waals surface area contributed by atoms with E-state index in [-0.39, 0.29) is 88.6 Å². The number of rotatable bonds is 15. The topological polar surface area (TPSA) is 332 Å². The number of aromatic nitrogens is 12. The van der Waals surface area contributed by atoms with E-state index in [1.807, 2.05) is 191 Å². The number of nitrogens with zero attached hydrogens (tertiary/aromatic N) is 14. The Morgan fingerprint density at radius 2 is 0.907 bits per heavy atom. The van der Waals surface area contributed by atoms with Gasteiger partial charge < -0.3 is 96.8 Å². The first kappa shape index (κ1) is 73.6. The molecule has 107 heavy (non-hydrogen) atoms. The molecule has 0 radical (unpaired) electrons. The first-order valence-corrected chi connectivity index (χ1v) is 34.7. The smallest absolute Gasteiger partial charge is 0.248 e. The van der Waals surface area contributed by atoms with Crippen LogP contribution in [0.15, 0.2) is 157 Å². The number of hydrogen-bond donors (Lipinski definition) is 3. The Morgan fingerprint density at radius 3 is 1.38 bits per heavy atom. The fourth-order valence-electron chi connectivity index (χ4n) is 14.2. The maximum absolute atomic E-state index is 11.6. The van der Waals surface area contributed by atoms with E-state index in [9.17, 15) is 4.79 Å². The van der Waals surface area contributed by atoms with Crippen molar-refractivity contribution in [2.75, 3.05) is 64.4 Å². The lowest BCUT2D eigenvalue weighted by Gasteiger charge is -2.25. The zero-order valence-electron chi connectivity index (χ0n) is 59.1. The molecule has 6 aliphatic heterocycles. The summed E-state index contributed by atoms with van der Waals surface area (Å²) in [5.74, 6) is 2.08. The number of nitrogen functional groups attached to an aromatic ring is 2. The Kier molecular flexibility index (Phi) is 20.1. The first-order valence-electron chi connectivity index (χ1n) is 34.3. The summed E-state index contributed by atoms with van der Waals surface area (Å²) in [5, 5.41) is 5.74. The van der Waals surface area contributed by atoms with Crippen LogP contribution in [-0.2, 0) is 42.6 Å². The average molecular weight is 1480 g/mol. The number of benzene rings is 3. The number of aromatic amines is 1. The van der Waals surface area contributed by atoms with Gasteiger partial charge in [0.15, 0.2) is 41.9 Å². The van der Waals surface area contributed by atoms with Crippen LogP contribution in [0.5, 0.6) is 17.2 Å². The molecule has 12 aromatic rings. The first-order chi connectivity index (χ1) is 50.4. The van der Waals surface area contributed by atoms with Gasteiger partial charge in [0.1, 0.15) is 151 Å². The van der Waals surface area contributed by atoms with E-state index in [0.717, 1.165) is 54.9 Å². The number of anilines is 3. The number of hydrogen-bond acceptors (Lipinski definition) is 25. The quantitative estimate of drug-likeness (QED) is 0.0487. The zero-order chi connectivity index (χ0) is 72.8. The van der Waals surface area contributed by atoms with E-state index in [4.69, 9.17) is 84.9 Å². The van der Waals surface area contributed by atoms with Gasteiger partial charge in [-0.05, 0) is 132 Å². The van der Waals surface area contributed by atoms with Crippen molar-refractivity contribution in [3.8, 4) is 17.2 Å². The molecule has 6 aliphatic rings. The highest BCUT2D eigenvalue weighted by Crippen LogP contribution is 2.48. The van der Waals surface area contributed by atoms with Crippen LogP contribution in [0.4, 0.5) is 23.3 Å². The second-order valence-electron chi connectivity index (χ2n) is 28.1. The summed E-state index contributed by atoms with van der Waals surface area (Å²) in [6.07, 6.45) is 7.33. The third kappa shape index (κ3) is 14.8. The van der Waals surface area contributed by atoms with Gasteiger partial charge in [-0.3, -0.25) is 4.79 Å². The monoisotopic (exact) mass is 1480 g/mol. The van der Waals surface area contributed by atoms with Crippen molar-refractivity contribution in [2.24, 2.45) is 4.99 Å². The molecule has 30 nitrogen and oxygen atoms in total. The van der Waals surface area contributed by atoms with Crippen LogP contribution in [0, 0.1) is 0 Å². The zero-order valence-corrected chi connectivity index (χ0v) is 59.8. The lowest BCUT2D eigenvalue weighted by molar-refractivity contribution is -0.199. The highest BCUT2D eigenvalue weighted by atomic mass is 35.5. The summed E-state index contributed by atoms with van der Waals surface area (Å²) in [4.78, 5) is 57.6. The summed E-state index contributed by atoms with van der Waals surface area (Å²) in [6, 6.07) is 33.9. The second-order valence-corrected chi connectivity index (χ2v) is 28.5. The molecule has 6 fully saturated rings. The van der Waals surface area contributed by atoms with Gasteiger partial charge in [-0.25, -0.2) is 44.9 Å². The fraction of sp³-hybridized carbons (Fsp3) is 0.395. The van der Waals surface area contributed by atoms with Gasteiger partial charge in [-0.2, -0.15) is 0 Å². The minimum Gasteiger partial charge on any atom is -0.491 e. The third-order valence-electron chi connectivity index (χ3n) is 18.9. The van der Waals surface area contributed by atoms with Crippen molar-refractivity contribution in [3.05, 3.63) is 162 Å². The van der Waals surface area contributed by atoms with Crippen molar-refractivity contribution < 1.29 is 56.8 Å². The van der Waals surface area contributed by atoms with Gasteiger partial charge in [0.25, 0.3) is 0 Å². The van der Waals surface area contributed by atoms with Crippen molar-refractivity contribution in [1.29, 1.82) is 0 Å². The van der Waals surface area contributed by atoms with Gasteiger partial charge in [0, 0.05) is 81.8 Å². The number of pyridine rings is 3. The van der Waals surface area contributed by atoms with Crippen LogP contribution in [0.25, 0.3) is 65.8 Å². The molecular formula is C76H86ClN17O13. The van der Waals surface area contributed by atoms with Gasteiger partial charge >= 0.3 is 0 Å². The molecular weight excluding hydrogens is 1390 g/mol. The average Bonchev–Trinajstić information content (AvgIpc) is 1.60. The third-order valence-corrected chi connectivity index (χ3v) is 19.1. The van der Waals surface area contributed by atoms with Crippen molar-refractivity contribution in [3.63, 3.8) is 0 Å². The standard InChI is InChI=1S/C26H27ClN6O4.C25H28N6O4.C23H23N5O5.2CH4/c1-26(2)36-21-19(12-34-16-7-5-15-6-8-20(27)31-18(15)11-16)35-25(22(21)37-26)33-10-9-17-23(30-14-32(3)4)28-13-29-24(17)33;1-25(2)34-20-18(12-32-15-7-5-14-6-8-19(30(3)4)29-17(14)11-15)33-24(21(20)35-25)31-10-9-16-22(26)27-13-28-23(16)31;1-23(2)32-18-16(10-30-13-5-3-12-4-6-17(29)27-15(12)9-13)31-22(19(18)33-23)28-8-7-14-20(24)25-11-26-21(14)28;;/h5-11,13-14,19,21-22,25H,12H2,1-4H3;5-11,13,18,20-21,24H,12H2,1-4H3,(H2,26,27,28);3-9,11,16,18-19,22H,10H2,1-2H3,(H,27,29)(H2,24,25,26);2*1H4/t19-,21-,22-,25-;18-,20-,21-,24-;16-,18-,19-,22-;;/m111../s1. The lowest BCUT2D eigenvalue weighted by Crippen LogP contribution is -2.33. The maximum atomic E-state index is 11.6. The van der Waals surface area contributed by atoms with E-state index in [1.54, 1.807) is 24.5 Å². The van der Waals surface area contributed by atoms with Crippen LogP contribution in [0.2, 0.25) is 5.15 Å². The molecule has 560 valence electrons. The Hall–Kier alpha value is -10.2. The van der Waals surface area contributed by atoms with E-state index in [2.05, 4.69) is 50.9 Å².